The average Bonchev–Trinajstić information content (AvgIpc) is 3.91. The first-order valence-corrected chi connectivity index (χ1v) is 22.7. The molecule has 1 spiro atoms. The van der Waals surface area contributed by atoms with Crippen LogP contribution in [0.15, 0.2) is 146 Å². The summed E-state index contributed by atoms with van der Waals surface area (Å²) in [4.78, 5) is 48.5. The molecule has 0 aromatic heterocycles. The Balaban J connectivity index is 0.862. The van der Waals surface area contributed by atoms with Crippen LogP contribution in [0.25, 0.3) is 33.7 Å². The summed E-state index contributed by atoms with van der Waals surface area (Å²) in [6.45, 7) is 12.1. The van der Waals surface area contributed by atoms with Crippen LogP contribution in [-0.2, 0) is 47.0 Å². The van der Waals surface area contributed by atoms with Gasteiger partial charge in [-0.15, -0.1) is 0 Å². The van der Waals surface area contributed by atoms with E-state index in [4.69, 9.17) is 33.5 Å². The van der Waals surface area contributed by atoms with Crippen LogP contribution in [0.3, 0.4) is 0 Å². The van der Waals surface area contributed by atoms with Gasteiger partial charge in [-0.25, -0.2) is 14.4 Å². The first kappa shape index (κ1) is 46.1. The van der Waals surface area contributed by atoms with E-state index in [9.17, 15) is 14.4 Å². The molecule has 0 fully saturated rings. The molecule has 0 aliphatic heterocycles. The Hall–Kier alpha value is -7.43. The number of carbonyl (C=O) groups is 3. The van der Waals surface area contributed by atoms with Crippen LogP contribution < -0.4 is 19.1 Å². The molecule has 10 nitrogen and oxygen atoms in total. The Morgan fingerprint density at radius 2 is 1.10 bits per heavy atom. The van der Waals surface area contributed by atoms with Crippen LogP contribution in [0.5, 0.6) is 23.0 Å². The highest BCUT2D eigenvalue weighted by Gasteiger charge is 2.49. The second-order valence-electron chi connectivity index (χ2n) is 17.0. The molecule has 0 amide bonds. The number of hydrogen-bond donors (Lipinski definition) is 0. The first-order chi connectivity index (χ1) is 32.6. The van der Waals surface area contributed by atoms with Crippen LogP contribution in [-0.4, -0.2) is 50.9 Å². The lowest BCUT2D eigenvalue weighted by Crippen LogP contribution is -2.24. The largest absolute Gasteiger partial charge is 0.493 e. The summed E-state index contributed by atoms with van der Waals surface area (Å²) < 4.78 is 28.2. The number of rotatable bonds is 20. The monoisotopic (exact) mass is 898 g/mol. The molecule has 0 N–H and O–H groups in total. The van der Waals surface area contributed by atoms with Crippen LogP contribution in [0.4, 0.5) is 0 Å². The molecule has 0 heterocycles. The van der Waals surface area contributed by atoms with Crippen molar-refractivity contribution in [2.75, 3.05) is 33.0 Å². The van der Waals surface area contributed by atoms with Gasteiger partial charge in [0, 0.05) is 46.6 Å². The minimum atomic E-state index is -0.455. The van der Waals surface area contributed by atoms with Gasteiger partial charge in [-0.1, -0.05) is 86.0 Å². The van der Waals surface area contributed by atoms with Crippen molar-refractivity contribution in [1.29, 1.82) is 0 Å². The SMILES string of the molecule is C=C(C)C(=O)OCCCOc1ccc2cc(C=CC(=O)Oc3cccc4c3C3(CCc5cccc(OOC/C=C/c6ccc7cc(OCCCOC(=O)C(=C)C)ccc7c6)c53)CC4)ccc2c1. The van der Waals surface area contributed by atoms with Gasteiger partial charge in [-0.2, -0.15) is 4.89 Å². The summed E-state index contributed by atoms with van der Waals surface area (Å²) in [5.74, 6) is 1.47. The lowest BCUT2D eigenvalue weighted by molar-refractivity contribution is -0.196. The average molecular weight is 899 g/mol. The molecule has 10 heteroatoms. The quantitative estimate of drug-likeness (QED) is 0.0183. The molecule has 342 valence electrons. The second-order valence-corrected chi connectivity index (χ2v) is 17.0. The zero-order valence-electron chi connectivity index (χ0n) is 38.0. The predicted octanol–water partition coefficient (Wildman–Crippen LogP) is 11.6. The van der Waals surface area contributed by atoms with Crippen molar-refractivity contribution in [3.63, 3.8) is 0 Å². The topological polar surface area (TPSA) is 116 Å². The van der Waals surface area contributed by atoms with Gasteiger partial charge in [0.2, 0.25) is 0 Å². The van der Waals surface area contributed by atoms with Crippen molar-refractivity contribution < 1.29 is 47.8 Å². The van der Waals surface area contributed by atoms with Crippen LogP contribution in [0, 0.1) is 0 Å². The fourth-order valence-corrected chi connectivity index (χ4v) is 8.83. The van der Waals surface area contributed by atoms with Crippen molar-refractivity contribution in [2.45, 2.75) is 57.8 Å². The van der Waals surface area contributed by atoms with Gasteiger partial charge in [0.25, 0.3) is 0 Å². The number of carbonyl (C=O) groups excluding carboxylic acids is 3. The van der Waals surface area contributed by atoms with Gasteiger partial charge < -0.3 is 28.6 Å². The van der Waals surface area contributed by atoms with Gasteiger partial charge in [-0.05, 0) is 138 Å². The number of fused-ring (bicyclic) bond motifs is 6. The van der Waals surface area contributed by atoms with Gasteiger partial charge in [0.05, 0.1) is 26.4 Å². The molecule has 0 saturated carbocycles. The Bertz CT molecular complexity index is 2900. The smallest absolute Gasteiger partial charge is 0.336 e. The number of ether oxygens (including phenoxy) is 5. The summed E-state index contributed by atoms with van der Waals surface area (Å²) >= 11 is 0. The Morgan fingerprint density at radius 3 is 1.67 bits per heavy atom. The summed E-state index contributed by atoms with van der Waals surface area (Å²) in [5, 5.41) is 4.13. The fourth-order valence-electron chi connectivity index (χ4n) is 8.83. The van der Waals surface area contributed by atoms with Crippen LogP contribution >= 0.6 is 0 Å². The molecule has 6 aromatic carbocycles. The number of hydrogen-bond acceptors (Lipinski definition) is 10. The lowest BCUT2D eigenvalue weighted by atomic mass is 9.76. The highest BCUT2D eigenvalue weighted by molar-refractivity contribution is 5.92. The summed E-state index contributed by atoms with van der Waals surface area (Å²) in [5.41, 5.74) is 6.77. The van der Waals surface area contributed by atoms with E-state index in [0.29, 0.717) is 48.7 Å². The zero-order valence-corrected chi connectivity index (χ0v) is 38.0. The van der Waals surface area contributed by atoms with Gasteiger partial charge >= 0.3 is 17.9 Å². The fraction of sp³-hybridized carbons (Fsp3) is 0.246. The predicted molar refractivity (Wildman–Crippen MR) is 260 cm³/mol. The molecular formula is C57H54O10. The summed E-state index contributed by atoms with van der Waals surface area (Å²) in [6.07, 6.45) is 11.8. The van der Waals surface area contributed by atoms with E-state index in [-0.39, 0.29) is 31.2 Å². The minimum Gasteiger partial charge on any atom is -0.493 e. The third-order valence-electron chi connectivity index (χ3n) is 12.0. The van der Waals surface area contributed by atoms with E-state index in [1.54, 1.807) is 19.9 Å². The highest BCUT2D eigenvalue weighted by Crippen LogP contribution is 2.57. The van der Waals surface area contributed by atoms with Crippen molar-refractivity contribution >= 4 is 51.6 Å². The molecule has 6 aromatic rings. The van der Waals surface area contributed by atoms with E-state index in [1.807, 2.05) is 97.1 Å². The number of aryl methyl sites for hydroxylation is 2. The molecule has 0 saturated heterocycles. The Labute approximate surface area is 391 Å². The molecule has 1 unspecified atom stereocenters. The highest BCUT2D eigenvalue weighted by atomic mass is 17.2. The van der Waals surface area contributed by atoms with Crippen molar-refractivity contribution in [1.82, 2.24) is 0 Å². The molecule has 0 radical (unpaired) electrons. The summed E-state index contributed by atoms with van der Waals surface area (Å²) in [7, 11) is 0. The summed E-state index contributed by atoms with van der Waals surface area (Å²) in [6, 6.07) is 36.0. The molecule has 2 aliphatic rings. The van der Waals surface area contributed by atoms with Gasteiger partial charge in [0.1, 0.15) is 23.9 Å². The van der Waals surface area contributed by atoms with Crippen molar-refractivity contribution in [2.24, 2.45) is 0 Å². The maximum absolute atomic E-state index is 13.5. The van der Waals surface area contributed by atoms with E-state index in [1.165, 1.54) is 17.2 Å². The molecule has 8 rings (SSSR count). The first-order valence-electron chi connectivity index (χ1n) is 22.7. The normalized spacial score (nSPS) is 14.9. The molecular weight excluding hydrogens is 845 g/mol. The van der Waals surface area contributed by atoms with Crippen molar-refractivity contribution in [3.05, 3.63) is 179 Å². The Morgan fingerprint density at radius 1 is 0.597 bits per heavy atom. The molecule has 1 atom stereocenters. The maximum Gasteiger partial charge on any atom is 0.336 e. The lowest BCUT2D eigenvalue weighted by Gasteiger charge is -2.29. The third kappa shape index (κ3) is 11.2. The minimum absolute atomic E-state index is 0.235. The standard InChI is InChI=1S/C57H54O10/c1-38(2)55(59)63-31-8-29-61-48-22-20-44-34-40(15-18-46(44)36-48)10-7-33-65-67-51-14-6-12-43-26-28-57(54(43)51)27-25-42-11-5-13-50(53(42)57)66-52(58)24-17-41-16-19-47-37-49(23-21-45(47)35-41)62-30-9-32-64-56(60)39(3)4/h5-7,10-24,34-37H,1,3,8-9,25-33H2,2,4H3/b10-7+,24-17?. The zero-order chi connectivity index (χ0) is 46.8. The number of esters is 3. The van der Waals surface area contributed by atoms with Gasteiger partial charge in [-0.3, -0.25) is 0 Å². The van der Waals surface area contributed by atoms with E-state index >= 15 is 0 Å². The van der Waals surface area contributed by atoms with Crippen molar-refractivity contribution in [3.8, 4) is 23.0 Å². The molecule has 0 bridgehead atoms. The van der Waals surface area contributed by atoms with Gasteiger partial charge in [0.15, 0.2) is 5.75 Å². The van der Waals surface area contributed by atoms with Crippen LogP contribution in [0.1, 0.15) is 72.9 Å². The third-order valence-corrected chi connectivity index (χ3v) is 12.0. The van der Waals surface area contributed by atoms with E-state index in [0.717, 1.165) is 81.0 Å². The second kappa shape index (κ2) is 21.3. The van der Waals surface area contributed by atoms with E-state index in [2.05, 4.69) is 37.4 Å². The molecule has 2 aliphatic carbocycles. The Kier molecular flexibility index (Phi) is 14.6. The molecule has 67 heavy (non-hydrogen) atoms. The number of benzene rings is 6. The van der Waals surface area contributed by atoms with Crippen LogP contribution in [0.2, 0.25) is 0 Å². The van der Waals surface area contributed by atoms with E-state index < -0.39 is 11.9 Å². The maximum atomic E-state index is 13.5.